The lowest BCUT2D eigenvalue weighted by Crippen LogP contribution is -2.41. The van der Waals surface area contributed by atoms with Crippen LogP contribution in [0.25, 0.3) is 0 Å². The van der Waals surface area contributed by atoms with Crippen molar-refractivity contribution in [3.63, 3.8) is 0 Å². The number of nitrogens with one attached hydrogen (secondary N) is 1. The molecule has 0 aromatic heterocycles. The predicted octanol–water partition coefficient (Wildman–Crippen LogP) is 2.65. The zero-order valence-corrected chi connectivity index (χ0v) is 13.6. The fraction of sp³-hybridized carbons (Fsp3) is 0.588. The van der Waals surface area contributed by atoms with E-state index in [0.717, 1.165) is 30.6 Å². The fourth-order valence-electron chi connectivity index (χ4n) is 2.24. The Morgan fingerprint density at radius 2 is 1.95 bits per heavy atom. The van der Waals surface area contributed by atoms with Crippen LogP contribution in [0, 0.1) is 0 Å². The summed E-state index contributed by atoms with van der Waals surface area (Å²) in [4.78, 5) is 12.1. The maximum Gasteiger partial charge on any atom is 0.260 e. The summed E-state index contributed by atoms with van der Waals surface area (Å²) < 4.78 is 5.82. The SMILES string of the molecule is CCCC(C)NC(=O)C(C)Oc1ccccc1CC(C)N. The van der Waals surface area contributed by atoms with Gasteiger partial charge in [0.1, 0.15) is 5.75 Å². The lowest BCUT2D eigenvalue weighted by Gasteiger charge is -2.20. The molecule has 0 aliphatic rings. The van der Waals surface area contributed by atoms with Crippen LogP contribution >= 0.6 is 0 Å². The zero-order chi connectivity index (χ0) is 15.8. The summed E-state index contributed by atoms with van der Waals surface area (Å²) in [6.45, 7) is 7.85. The minimum Gasteiger partial charge on any atom is -0.481 e. The summed E-state index contributed by atoms with van der Waals surface area (Å²) in [7, 11) is 0. The van der Waals surface area contributed by atoms with Crippen LogP contribution in [-0.2, 0) is 11.2 Å². The van der Waals surface area contributed by atoms with Crippen LogP contribution in [0.4, 0.5) is 0 Å². The second kappa shape index (κ2) is 8.67. The second-order valence-corrected chi connectivity index (χ2v) is 5.75. The molecule has 0 fully saturated rings. The first-order valence-electron chi connectivity index (χ1n) is 7.74. The molecule has 0 saturated heterocycles. The minimum absolute atomic E-state index is 0.0588. The summed E-state index contributed by atoms with van der Waals surface area (Å²) >= 11 is 0. The Balaban J connectivity index is 2.65. The number of amides is 1. The lowest BCUT2D eigenvalue weighted by atomic mass is 10.1. The van der Waals surface area contributed by atoms with E-state index in [4.69, 9.17) is 10.5 Å². The molecule has 3 unspecified atom stereocenters. The molecule has 0 aliphatic carbocycles. The van der Waals surface area contributed by atoms with Gasteiger partial charge in [-0.25, -0.2) is 0 Å². The van der Waals surface area contributed by atoms with E-state index in [0.29, 0.717) is 0 Å². The number of hydrogen-bond acceptors (Lipinski definition) is 3. The number of carbonyl (C=O) groups is 1. The van der Waals surface area contributed by atoms with Gasteiger partial charge in [0, 0.05) is 12.1 Å². The quantitative estimate of drug-likeness (QED) is 0.774. The van der Waals surface area contributed by atoms with Crippen molar-refractivity contribution in [2.24, 2.45) is 5.73 Å². The third-order valence-corrected chi connectivity index (χ3v) is 3.30. The first-order chi connectivity index (χ1) is 9.93. The third-order valence-electron chi connectivity index (χ3n) is 3.30. The molecule has 3 atom stereocenters. The molecule has 118 valence electrons. The van der Waals surface area contributed by atoms with Gasteiger partial charge < -0.3 is 15.8 Å². The summed E-state index contributed by atoms with van der Waals surface area (Å²) in [6, 6.07) is 7.97. The van der Waals surface area contributed by atoms with E-state index in [-0.39, 0.29) is 18.0 Å². The Labute approximate surface area is 128 Å². The van der Waals surface area contributed by atoms with Crippen LogP contribution in [0.1, 0.15) is 46.1 Å². The first-order valence-corrected chi connectivity index (χ1v) is 7.74. The Kier molecular flexibility index (Phi) is 7.23. The molecule has 0 aliphatic heterocycles. The third kappa shape index (κ3) is 6.17. The molecule has 1 aromatic carbocycles. The van der Waals surface area contributed by atoms with E-state index in [1.165, 1.54) is 0 Å². The van der Waals surface area contributed by atoms with E-state index in [2.05, 4.69) is 12.2 Å². The fourth-order valence-corrected chi connectivity index (χ4v) is 2.24. The molecule has 4 heteroatoms. The minimum atomic E-state index is -0.515. The standard InChI is InChI=1S/C17H28N2O2/c1-5-8-13(3)19-17(20)14(4)21-16-10-7-6-9-15(16)11-12(2)18/h6-7,9-10,12-14H,5,8,11,18H2,1-4H3,(H,19,20). The molecular weight excluding hydrogens is 264 g/mol. The maximum absolute atomic E-state index is 12.1. The Morgan fingerprint density at radius 1 is 1.29 bits per heavy atom. The van der Waals surface area contributed by atoms with Crippen molar-refractivity contribution in [2.75, 3.05) is 0 Å². The van der Waals surface area contributed by atoms with Gasteiger partial charge in [-0.05, 0) is 45.2 Å². The predicted molar refractivity (Wildman–Crippen MR) is 86.4 cm³/mol. The maximum atomic E-state index is 12.1. The topological polar surface area (TPSA) is 64.3 Å². The Morgan fingerprint density at radius 3 is 2.57 bits per heavy atom. The highest BCUT2D eigenvalue weighted by Gasteiger charge is 2.18. The van der Waals surface area contributed by atoms with E-state index in [1.807, 2.05) is 38.1 Å². The van der Waals surface area contributed by atoms with Gasteiger partial charge in [0.25, 0.3) is 5.91 Å². The number of nitrogens with two attached hydrogens (primary N) is 1. The van der Waals surface area contributed by atoms with Crippen molar-refractivity contribution in [3.8, 4) is 5.75 Å². The molecule has 0 spiro atoms. The van der Waals surface area contributed by atoms with Crippen LogP contribution in [0.15, 0.2) is 24.3 Å². The summed E-state index contributed by atoms with van der Waals surface area (Å²) in [5, 5.41) is 2.97. The lowest BCUT2D eigenvalue weighted by molar-refractivity contribution is -0.127. The van der Waals surface area contributed by atoms with Crippen LogP contribution in [-0.4, -0.2) is 24.1 Å². The van der Waals surface area contributed by atoms with Gasteiger partial charge in [0.15, 0.2) is 6.10 Å². The van der Waals surface area contributed by atoms with E-state index in [1.54, 1.807) is 6.92 Å². The van der Waals surface area contributed by atoms with Crippen molar-refractivity contribution in [1.82, 2.24) is 5.32 Å². The summed E-state index contributed by atoms with van der Waals surface area (Å²) in [5.41, 5.74) is 6.88. The number of ether oxygens (including phenoxy) is 1. The van der Waals surface area contributed by atoms with E-state index < -0.39 is 6.10 Å². The summed E-state index contributed by atoms with van der Waals surface area (Å²) in [5.74, 6) is 0.659. The molecule has 0 saturated carbocycles. The van der Waals surface area contributed by atoms with Crippen molar-refractivity contribution >= 4 is 5.91 Å². The van der Waals surface area contributed by atoms with Crippen molar-refractivity contribution in [1.29, 1.82) is 0 Å². The van der Waals surface area contributed by atoms with Crippen LogP contribution in [0.5, 0.6) is 5.75 Å². The smallest absolute Gasteiger partial charge is 0.260 e. The molecular formula is C17H28N2O2. The van der Waals surface area contributed by atoms with Gasteiger partial charge in [0.2, 0.25) is 0 Å². The molecule has 4 nitrogen and oxygen atoms in total. The summed E-state index contributed by atoms with van der Waals surface area (Å²) in [6.07, 6.45) is 2.24. The molecule has 1 aromatic rings. The number of benzene rings is 1. The van der Waals surface area contributed by atoms with Crippen LogP contribution in [0.3, 0.4) is 0 Å². The average molecular weight is 292 g/mol. The van der Waals surface area contributed by atoms with Gasteiger partial charge in [0.05, 0.1) is 0 Å². The van der Waals surface area contributed by atoms with Gasteiger partial charge in [-0.3, -0.25) is 4.79 Å². The number of para-hydroxylation sites is 1. The largest absolute Gasteiger partial charge is 0.481 e. The van der Waals surface area contributed by atoms with Crippen molar-refractivity contribution < 1.29 is 9.53 Å². The number of hydrogen-bond donors (Lipinski definition) is 2. The van der Waals surface area contributed by atoms with Crippen molar-refractivity contribution in [3.05, 3.63) is 29.8 Å². The van der Waals surface area contributed by atoms with Crippen LogP contribution in [0.2, 0.25) is 0 Å². The van der Waals surface area contributed by atoms with Crippen LogP contribution < -0.4 is 15.8 Å². The molecule has 0 radical (unpaired) electrons. The molecule has 0 bridgehead atoms. The molecule has 1 amide bonds. The molecule has 0 heterocycles. The Hall–Kier alpha value is -1.55. The normalized spacial score (nSPS) is 15.1. The highest BCUT2D eigenvalue weighted by atomic mass is 16.5. The second-order valence-electron chi connectivity index (χ2n) is 5.75. The van der Waals surface area contributed by atoms with Gasteiger partial charge in [-0.1, -0.05) is 31.5 Å². The van der Waals surface area contributed by atoms with Gasteiger partial charge >= 0.3 is 0 Å². The average Bonchev–Trinajstić information content (AvgIpc) is 2.40. The highest BCUT2D eigenvalue weighted by Crippen LogP contribution is 2.20. The number of carbonyl (C=O) groups excluding carboxylic acids is 1. The molecule has 21 heavy (non-hydrogen) atoms. The molecule has 3 N–H and O–H groups in total. The first kappa shape index (κ1) is 17.5. The Bertz CT molecular complexity index is 446. The highest BCUT2D eigenvalue weighted by molar-refractivity contribution is 5.81. The van der Waals surface area contributed by atoms with Gasteiger partial charge in [-0.2, -0.15) is 0 Å². The number of rotatable bonds is 8. The van der Waals surface area contributed by atoms with E-state index >= 15 is 0 Å². The van der Waals surface area contributed by atoms with Crippen molar-refractivity contribution in [2.45, 2.75) is 65.1 Å². The van der Waals surface area contributed by atoms with Gasteiger partial charge in [-0.15, -0.1) is 0 Å². The molecule has 1 rings (SSSR count). The zero-order valence-electron chi connectivity index (χ0n) is 13.6. The monoisotopic (exact) mass is 292 g/mol. The van der Waals surface area contributed by atoms with E-state index in [9.17, 15) is 4.79 Å².